The lowest BCUT2D eigenvalue weighted by Gasteiger charge is -2.27. The average Bonchev–Trinajstić information content (AvgIpc) is 3.54. The van der Waals surface area contributed by atoms with Gasteiger partial charge in [0.2, 0.25) is 0 Å². The summed E-state index contributed by atoms with van der Waals surface area (Å²) in [6.45, 7) is 3.98. The Hall–Kier alpha value is -6.38. The number of furan rings is 1. The number of anilines is 2. The van der Waals surface area contributed by atoms with Gasteiger partial charge in [-0.1, -0.05) is 140 Å². The van der Waals surface area contributed by atoms with Crippen molar-refractivity contribution in [3.8, 4) is 22.3 Å². The standard InChI is InChI=1S/C46H33NO/c1-2-3-17-41(31-33-19-30-45-44(32-33)43-29-24-38-16-10-11-18-42(38)46(43)48-45)47(39-25-20-36(21-26-39)34-12-6-4-7-13-34)40-27-22-37(23-28-40)35-14-8-5-9-15-35/h2-32H,1H2/b17-3-,41-31-. The molecule has 0 saturated carbocycles. The van der Waals surface area contributed by atoms with Crippen LogP contribution in [0.15, 0.2) is 199 Å². The SMILES string of the molecule is C=C/C=C\C(=C\c1ccc2oc3c4ccccc4ccc3c2c1)N(c1ccc(-c2ccccc2)cc1)c1ccc(-c2ccccc2)cc1. The Morgan fingerprint density at radius 2 is 1.10 bits per heavy atom. The lowest BCUT2D eigenvalue weighted by Crippen LogP contribution is -2.15. The predicted octanol–water partition coefficient (Wildman–Crippen LogP) is 13.0. The molecule has 0 aliphatic carbocycles. The monoisotopic (exact) mass is 615 g/mol. The lowest BCUT2D eigenvalue weighted by molar-refractivity contribution is 0.672. The third-order valence-corrected chi connectivity index (χ3v) is 8.83. The minimum atomic E-state index is 0.881. The van der Waals surface area contributed by atoms with Crippen LogP contribution in [-0.2, 0) is 0 Å². The Balaban J connectivity index is 1.26. The summed E-state index contributed by atoms with van der Waals surface area (Å²) >= 11 is 0. The van der Waals surface area contributed by atoms with Crippen molar-refractivity contribution < 1.29 is 4.42 Å². The van der Waals surface area contributed by atoms with Gasteiger partial charge in [-0.2, -0.15) is 0 Å². The normalized spacial score (nSPS) is 11.9. The van der Waals surface area contributed by atoms with Gasteiger partial charge in [-0.15, -0.1) is 0 Å². The molecule has 228 valence electrons. The number of benzene rings is 7. The van der Waals surface area contributed by atoms with Crippen molar-refractivity contribution in [2.75, 3.05) is 4.90 Å². The van der Waals surface area contributed by atoms with E-state index in [1.165, 1.54) is 27.6 Å². The average molecular weight is 616 g/mol. The van der Waals surface area contributed by atoms with Gasteiger partial charge in [0.15, 0.2) is 0 Å². The Kier molecular flexibility index (Phi) is 7.74. The van der Waals surface area contributed by atoms with E-state index in [1.54, 1.807) is 0 Å². The van der Waals surface area contributed by atoms with Gasteiger partial charge in [0.25, 0.3) is 0 Å². The van der Waals surface area contributed by atoms with Gasteiger partial charge in [0.05, 0.1) is 0 Å². The third-order valence-electron chi connectivity index (χ3n) is 8.83. The highest BCUT2D eigenvalue weighted by atomic mass is 16.3. The fraction of sp³-hybridized carbons (Fsp3) is 0. The first-order valence-electron chi connectivity index (χ1n) is 16.2. The van der Waals surface area contributed by atoms with E-state index >= 15 is 0 Å². The summed E-state index contributed by atoms with van der Waals surface area (Å²) in [6, 6.07) is 57.7. The number of hydrogen-bond donors (Lipinski definition) is 0. The molecule has 8 aromatic rings. The molecule has 0 saturated heterocycles. The largest absolute Gasteiger partial charge is 0.455 e. The van der Waals surface area contributed by atoms with Crippen molar-refractivity contribution in [2.45, 2.75) is 0 Å². The molecule has 0 spiro atoms. The second-order valence-corrected chi connectivity index (χ2v) is 11.8. The molecule has 0 radical (unpaired) electrons. The molecule has 0 aliphatic rings. The van der Waals surface area contributed by atoms with Crippen molar-refractivity contribution in [3.05, 3.63) is 200 Å². The number of hydrogen-bond acceptors (Lipinski definition) is 2. The maximum absolute atomic E-state index is 6.41. The molecule has 0 aliphatic heterocycles. The zero-order valence-electron chi connectivity index (χ0n) is 26.5. The molecular weight excluding hydrogens is 583 g/mol. The molecule has 2 heteroatoms. The molecule has 2 nitrogen and oxygen atoms in total. The highest BCUT2D eigenvalue weighted by Crippen LogP contribution is 2.37. The van der Waals surface area contributed by atoms with E-state index < -0.39 is 0 Å². The highest BCUT2D eigenvalue weighted by Gasteiger charge is 2.16. The molecule has 48 heavy (non-hydrogen) atoms. The summed E-state index contributed by atoms with van der Waals surface area (Å²) < 4.78 is 6.41. The summed E-state index contributed by atoms with van der Waals surface area (Å²) in [5.41, 5.74) is 10.7. The predicted molar refractivity (Wildman–Crippen MR) is 204 cm³/mol. The Labute approximate surface area is 280 Å². The topological polar surface area (TPSA) is 16.4 Å². The first-order valence-corrected chi connectivity index (χ1v) is 16.2. The molecule has 1 heterocycles. The van der Waals surface area contributed by atoms with Crippen LogP contribution in [-0.4, -0.2) is 0 Å². The van der Waals surface area contributed by atoms with Gasteiger partial charge in [0, 0.05) is 33.2 Å². The fourth-order valence-electron chi connectivity index (χ4n) is 6.45. The minimum Gasteiger partial charge on any atom is -0.455 e. The second kappa shape index (κ2) is 12.8. The fourth-order valence-corrected chi connectivity index (χ4v) is 6.45. The van der Waals surface area contributed by atoms with Crippen LogP contribution in [0.4, 0.5) is 11.4 Å². The zero-order valence-corrected chi connectivity index (χ0v) is 26.5. The summed E-state index contributed by atoms with van der Waals surface area (Å²) in [4.78, 5) is 2.30. The Bertz CT molecular complexity index is 2350. The molecule has 0 amide bonds. The van der Waals surface area contributed by atoms with Gasteiger partial charge in [-0.25, -0.2) is 0 Å². The first kappa shape index (κ1) is 29.1. The quantitative estimate of drug-likeness (QED) is 0.158. The molecule has 0 fully saturated rings. The maximum atomic E-state index is 6.41. The molecule has 0 N–H and O–H groups in total. The first-order chi connectivity index (χ1) is 23.7. The smallest absolute Gasteiger partial charge is 0.143 e. The zero-order chi connectivity index (χ0) is 32.3. The summed E-state index contributed by atoms with van der Waals surface area (Å²) in [7, 11) is 0. The van der Waals surface area contributed by atoms with Gasteiger partial charge in [0.1, 0.15) is 11.2 Å². The van der Waals surface area contributed by atoms with Crippen LogP contribution in [0, 0.1) is 0 Å². The Morgan fingerprint density at radius 3 is 1.73 bits per heavy atom. The minimum absolute atomic E-state index is 0.881. The van der Waals surface area contributed by atoms with Crippen LogP contribution in [0.25, 0.3) is 61.0 Å². The van der Waals surface area contributed by atoms with Crippen molar-refractivity contribution in [1.82, 2.24) is 0 Å². The summed E-state index contributed by atoms with van der Waals surface area (Å²) in [5, 5.41) is 4.52. The summed E-state index contributed by atoms with van der Waals surface area (Å²) in [5.74, 6) is 0. The molecule has 0 atom stereocenters. The van der Waals surface area contributed by atoms with Gasteiger partial charge >= 0.3 is 0 Å². The van der Waals surface area contributed by atoms with Crippen molar-refractivity contribution in [1.29, 1.82) is 0 Å². The Morgan fingerprint density at radius 1 is 0.521 bits per heavy atom. The van der Waals surface area contributed by atoms with Crippen LogP contribution in [0.5, 0.6) is 0 Å². The van der Waals surface area contributed by atoms with Crippen LogP contribution < -0.4 is 4.90 Å². The number of rotatable bonds is 8. The van der Waals surface area contributed by atoms with E-state index in [9.17, 15) is 0 Å². The molecule has 7 aromatic carbocycles. The van der Waals surface area contributed by atoms with Crippen LogP contribution in [0.2, 0.25) is 0 Å². The van der Waals surface area contributed by atoms with Crippen molar-refractivity contribution in [3.63, 3.8) is 0 Å². The van der Waals surface area contributed by atoms with Crippen molar-refractivity contribution in [2.24, 2.45) is 0 Å². The second-order valence-electron chi connectivity index (χ2n) is 11.8. The van der Waals surface area contributed by atoms with Crippen molar-refractivity contribution >= 4 is 50.2 Å². The highest BCUT2D eigenvalue weighted by molar-refractivity contribution is 6.15. The summed E-state index contributed by atoms with van der Waals surface area (Å²) in [6.07, 6.45) is 8.16. The number of allylic oxidation sites excluding steroid dienone is 3. The van der Waals surface area contributed by atoms with E-state index in [1.807, 2.05) is 24.3 Å². The van der Waals surface area contributed by atoms with E-state index in [2.05, 4.69) is 175 Å². The molecule has 0 unspecified atom stereocenters. The van der Waals surface area contributed by atoms with E-state index in [4.69, 9.17) is 4.42 Å². The lowest BCUT2D eigenvalue weighted by atomic mass is 10.0. The van der Waals surface area contributed by atoms with Gasteiger partial charge in [-0.3, -0.25) is 0 Å². The van der Waals surface area contributed by atoms with E-state index in [-0.39, 0.29) is 0 Å². The van der Waals surface area contributed by atoms with Crippen LogP contribution in [0.1, 0.15) is 5.56 Å². The van der Waals surface area contributed by atoms with Gasteiger partial charge in [-0.05, 0) is 87.8 Å². The molecule has 0 bridgehead atoms. The third kappa shape index (κ3) is 5.61. The van der Waals surface area contributed by atoms with E-state index in [0.29, 0.717) is 0 Å². The number of nitrogens with zero attached hydrogens (tertiary/aromatic N) is 1. The van der Waals surface area contributed by atoms with Crippen LogP contribution >= 0.6 is 0 Å². The number of fused-ring (bicyclic) bond motifs is 5. The van der Waals surface area contributed by atoms with Crippen LogP contribution in [0.3, 0.4) is 0 Å². The van der Waals surface area contributed by atoms with Gasteiger partial charge < -0.3 is 9.32 Å². The molecule has 8 rings (SSSR count). The van der Waals surface area contributed by atoms with E-state index in [0.717, 1.165) is 50.0 Å². The molecule has 1 aromatic heterocycles. The molecular formula is C46H33NO. The maximum Gasteiger partial charge on any atom is 0.143 e.